The molecule has 1 atom stereocenters. The van der Waals surface area contributed by atoms with Gasteiger partial charge in [0.15, 0.2) is 6.10 Å². The van der Waals surface area contributed by atoms with Crippen LogP contribution in [0.2, 0.25) is 5.15 Å². The highest BCUT2D eigenvalue weighted by Gasteiger charge is 2.18. The zero-order valence-electron chi connectivity index (χ0n) is 14.9. The van der Waals surface area contributed by atoms with Crippen molar-refractivity contribution in [2.75, 3.05) is 0 Å². The van der Waals surface area contributed by atoms with Crippen LogP contribution >= 0.6 is 23.4 Å². The average Bonchev–Trinajstić information content (AvgIpc) is 3.06. The van der Waals surface area contributed by atoms with Gasteiger partial charge in [-0.2, -0.15) is 4.98 Å². The zero-order chi connectivity index (χ0) is 18.7. The monoisotopic (exact) mass is 390 g/mol. The van der Waals surface area contributed by atoms with Crippen LogP contribution in [0.1, 0.15) is 39.7 Å². The summed E-state index contributed by atoms with van der Waals surface area (Å²) in [5, 5.41) is 5.38. The molecule has 136 valence electrons. The normalized spacial score (nSPS) is 12.8. The van der Waals surface area contributed by atoms with E-state index < -0.39 is 6.10 Å². The predicted octanol–water partition coefficient (Wildman–Crippen LogP) is 5.21. The molecule has 0 N–H and O–H groups in total. The van der Waals surface area contributed by atoms with E-state index in [1.165, 1.54) is 0 Å². The van der Waals surface area contributed by atoms with Gasteiger partial charge in [-0.3, -0.25) is 0 Å². The Morgan fingerprint density at radius 2 is 2.00 bits per heavy atom. The highest BCUT2D eigenvalue weighted by atomic mass is 35.5. The maximum Gasteiger partial charge on any atom is 0.267 e. The predicted molar refractivity (Wildman–Crippen MR) is 101 cm³/mol. The molecule has 0 aliphatic heterocycles. The van der Waals surface area contributed by atoms with Gasteiger partial charge in [-0.05, 0) is 31.2 Å². The molecule has 0 aliphatic rings. The van der Waals surface area contributed by atoms with E-state index >= 15 is 0 Å². The second-order valence-corrected chi connectivity index (χ2v) is 8.86. The molecule has 0 aliphatic carbocycles. The Morgan fingerprint density at radius 3 is 2.69 bits per heavy atom. The SMILES string of the molecule is C[C@H](Oc1ccc(Cl)nc1)c1nc(-c2ccnc(SC(C)(C)C)c2)no1. The summed E-state index contributed by atoms with van der Waals surface area (Å²) in [5.41, 5.74) is 0.849. The van der Waals surface area contributed by atoms with Gasteiger partial charge in [0.05, 0.1) is 11.2 Å². The molecular formula is C18H19ClN4O2S. The highest BCUT2D eigenvalue weighted by molar-refractivity contribution is 8.00. The number of aromatic nitrogens is 4. The van der Waals surface area contributed by atoms with Gasteiger partial charge in [0.2, 0.25) is 5.82 Å². The number of halogens is 1. The smallest absolute Gasteiger partial charge is 0.267 e. The van der Waals surface area contributed by atoms with Crippen LogP contribution in [0.4, 0.5) is 0 Å². The molecule has 3 heterocycles. The van der Waals surface area contributed by atoms with Crippen LogP contribution in [0.3, 0.4) is 0 Å². The molecule has 3 aromatic rings. The van der Waals surface area contributed by atoms with Crippen molar-refractivity contribution in [3.8, 4) is 17.1 Å². The minimum absolute atomic E-state index is 0.0724. The van der Waals surface area contributed by atoms with Crippen molar-refractivity contribution in [2.24, 2.45) is 0 Å². The number of hydrogen-bond donors (Lipinski definition) is 0. The molecule has 0 saturated heterocycles. The van der Waals surface area contributed by atoms with Gasteiger partial charge in [-0.15, -0.1) is 11.8 Å². The fraction of sp³-hybridized carbons (Fsp3) is 0.333. The third-order valence-electron chi connectivity index (χ3n) is 3.21. The Kier molecular flexibility index (Phi) is 5.48. The van der Waals surface area contributed by atoms with Crippen molar-refractivity contribution < 1.29 is 9.26 Å². The molecule has 0 bridgehead atoms. The first-order valence-corrected chi connectivity index (χ1v) is 9.27. The van der Waals surface area contributed by atoms with E-state index in [1.807, 2.05) is 19.1 Å². The Labute approximate surface area is 161 Å². The molecule has 0 amide bonds. The van der Waals surface area contributed by atoms with Crippen LogP contribution in [0.15, 0.2) is 46.2 Å². The van der Waals surface area contributed by atoms with Crippen molar-refractivity contribution in [3.63, 3.8) is 0 Å². The molecule has 0 aromatic carbocycles. The van der Waals surface area contributed by atoms with Crippen molar-refractivity contribution >= 4 is 23.4 Å². The van der Waals surface area contributed by atoms with Crippen molar-refractivity contribution in [3.05, 3.63) is 47.7 Å². The number of nitrogens with zero attached hydrogens (tertiary/aromatic N) is 4. The Balaban J connectivity index is 1.75. The molecular weight excluding hydrogens is 372 g/mol. The number of ether oxygens (including phenoxy) is 1. The minimum atomic E-state index is -0.413. The van der Waals surface area contributed by atoms with E-state index in [9.17, 15) is 0 Å². The largest absolute Gasteiger partial charge is 0.479 e. The van der Waals surface area contributed by atoms with Crippen molar-refractivity contribution in [1.29, 1.82) is 0 Å². The lowest BCUT2D eigenvalue weighted by Gasteiger charge is -2.16. The summed E-state index contributed by atoms with van der Waals surface area (Å²) in [6.07, 6.45) is 2.89. The maximum absolute atomic E-state index is 5.77. The molecule has 0 spiro atoms. The molecule has 0 radical (unpaired) electrons. The van der Waals surface area contributed by atoms with Crippen LogP contribution in [0.25, 0.3) is 11.4 Å². The van der Waals surface area contributed by atoms with Crippen LogP contribution in [0, 0.1) is 0 Å². The molecule has 0 fully saturated rings. The first kappa shape index (κ1) is 18.7. The Bertz CT molecular complexity index is 877. The lowest BCUT2D eigenvalue weighted by molar-refractivity contribution is 0.175. The van der Waals surface area contributed by atoms with Crippen LogP contribution in [0.5, 0.6) is 5.75 Å². The summed E-state index contributed by atoms with van der Waals surface area (Å²) in [5.74, 6) is 1.47. The maximum atomic E-state index is 5.77. The molecule has 26 heavy (non-hydrogen) atoms. The summed E-state index contributed by atoms with van der Waals surface area (Å²) < 4.78 is 11.2. The quantitative estimate of drug-likeness (QED) is 0.437. The molecule has 8 heteroatoms. The first-order valence-electron chi connectivity index (χ1n) is 8.07. The van der Waals surface area contributed by atoms with Crippen LogP contribution < -0.4 is 4.74 Å². The van der Waals surface area contributed by atoms with Gasteiger partial charge in [0, 0.05) is 16.5 Å². The summed E-state index contributed by atoms with van der Waals surface area (Å²) >= 11 is 7.46. The molecule has 0 saturated carbocycles. The van der Waals surface area contributed by atoms with Crippen LogP contribution in [-0.4, -0.2) is 24.9 Å². The fourth-order valence-electron chi connectivity index (χ4n) is 2.12. The summed E-state index contributed by atoms with van der Waals surface area (Å²) in [6, 6.07) is 7.21. The lowest BCUT2D eigenvalue weighted by Crippen LogP contribution is -2.07. The third kappa shape index (κ3) is 4.95. The highest BCUT2D eigenvalue weighted by Crippen LogP contribution is 2.32. The average molecular weight is 391 g/mol. The van der Waals surface area contributed by atoms with Gasteiger partial charge in [0.25, 0.3) is 5.89 Å². The van der Waals surface area contributed by atoms with E-state index in [0.717, 1.165) is 10.6 Å². The van der Waals surface area contributed by atoms with E-state index in [2.05, 4.69) is 40.9 Å². The van der Waals surface area contributed by atoms with E-state index in [0.29, 0.717) is 22.6 Å². The fourth-order valence-corrected chi connectivity index (χ4v) is 3.16. The van der Waals surface area contributed by atoms with E-state index in [-0.39, 0.29) is 4.75 Å². The Morgan fingerprint density at radius 1 is 1.19 bits per heavy atom. The molecule has 3 aromatic heterocycles. The molecule has 3 rings (SSSR count). The standard InChI is InChI=1S/C18H19ClN4O2S/c1-11(24-13-5-6-14(19)21-10-13)17-22-16(23-25-17)12-7-8-20-15(9-12)26-18(2,3)4/h5-11H,1-4H3/t11-/m0/s1. The van der Waals surface area contributed by atoms with Gasteiger partial charge < -0.3 is 9.26 Å². The van der Waals surface area contributed by atoms with Crippen LogP contribution in [-0.2, 0) is 0 Å². The van der Waals surface area contributed by atoms with E-state index in [4.69, 9.17) is 20.9 Å². The van der Waals surface area contributed by atoms with Gasteiger partial charge >= 0.3 is 0 Å². The lowest BCUT2D eigenvalue weighted by atomic mass is 10.2. The second-order valence-electron chi connectivity index (χ2n) is 6.63. The van der Waals surface area contributed by atoms with Gasteiger partial charge in [0.1, 0.15) is 10.9 Å². The third-order valence-corrected chi connectivity index (χ3v) is 4.47. The van der Waals surface area contributed by atoms with Gasteiger partial charge in [-0.1, -0.05) is 37.5 Å². The number of thioether (sulfide) groups is 1. The second kappa shape index (κ2) is 7.63. The Hall–Kier alpha value is -2.12. The van der Waals surface area contributed by atoms with Crippen molar-refractivity contribution in [1.82, 2.24) is 20.1 Å². The first-order chi connectivity index (χ1) is 12.3. The number of rotatable bonds is 5. The van der Waals surface area contributed by atoms with Gasteiger partial charge in [-0.25, -0.2) is 9.97 Å². The summed E-state index contributed by atoms with van der Waals surface area (Å²) in [4.78, 5) is 12.8. The van der Waals surface area contributed by atoms with E-state index in [1.54, 1.807) is 36.3 Å². The summed E-state index contributed by atoms with van der Waals surface area (Å²) in [7, 11) is 0. The zero-order valence-corrected chi connectivity index (χ0v) is 16.5. The number of hydrogen-bond acceptors (Lipinski definition) is 7. The molecule has 0 unspecified atom stereocenters. The van der Waals surface area contributed by atoms with Crippen molar-refractivity contribution in [2.45, 2.75) is 43.6 Å². The number of pyridine rings is 2. The summed E-state index contributed by atoms with van der Waals surface area (Å²) in [6.45, 7) is 8.26. The minimum Gasteiger partial charge on any atom is -0.479 e. The molecule has 6 nitrogen and oxygen atoms in total. The topological polar surface area (TPSA) is 73.9 Å².